The lowest BCUT2D eigenvalue weighted by molar-refractivity contribution is -0.136. The van der Waals surface area contributed by atoms with Crippen LogP contribution < -0.4 is 4.74 Å². The fraction of sp³-hybridized carbons (Fsp3) is 0.267. The summed E-state index contributed by atoms with van der Waals surface area (Å²) in [7, 11) is 3.04. The fourth-order valence-electron chi connectivity index (χ4n) is 1.92. The van der Waals surface area contributed by atoms with Crippen LogP contribution in [0.4, 0.5) is 0 Å². The van der Waals surface area contributed by atoms with Gasteiger partial charge in [0.15, 0.2) is 0 Å². The van der Waals surface area contributed by atoms with E-state index < -0.39 is 0 Å². The quantitative estimate of drug-likeness (QED) is 0.779. The van der Waals surface area contributed by atoms with Gasteiger partial charge in [0.2, 0.25) is 0 Å². The van der Waals surface area contributed by atoms with E-state index in [0.717, 1.165) is 11.3 Å². The second-order valence-corrected chi connectivity index (χ2v) is 4.26. The Bertz CT molecular complexity index is 503. The molecule has 4 heteroatoms. The summed E-state index contributed by atoms with van der Waals surface area (Å²) in [5, 5.41) is 0. The molecule has 1 aromatic carbocycles. The molecule has 0 saturated heterocycles. The lowest BCUT2D eigenvalue weighted by atomic mass is 10.1. The van der Waals surface area contributed by atoms with Gasteiger partial charge in [-0.25, -0.2) is 4.79 Å². The molecule has 0 fully saturated rings. The minimum Gasteiger partial charge on any atom is -0.497 e. The van der Waals surface area contributed by atoms with Crippen LogP contribution >= 0.6 is 0 Å². The number of carbonyl (C=O) groups excluding carboxylic acids is 1. The SMILES string of the molecule is COC(=O)C1=CN(Cc2ccc(OC)cc2)C=CC1. The molecule has 0 atom stereocenters. The lowest BCUT2D eigenvalue weighted by Gasteiger charge is -2.20. The maximum Gasteiger partial charge on any atom is 0.335 e. The van der Waals surface area contributed by atoms with Gasteiger partial charge in [-0.15, -0.1) is 0 Å². The van der Waals surface area contributed by atoms with E-state index in [4.69, 9.17) is 9.47 Å². The molecule has 1 aromatic rings. The van der Waals surface area contributed by atoms with Crippen LogP contribution in [-0.2, 0) is 16.1 Å². The topological polar surface area (TPSA) is 38.8 Å². The highest BCUT2D eigenvalue weighted by atomic mass is 16.5. The van der Waals surface area contributed by atoms with Crippen LogP contribution in [0.3, 0.4) is 0 Å². The zero-order valence-corrected chi connectivity index (χ0v) is 11.1. The smallest absolute Gasteiger partial charge is 0.335 e. The molecule has 0 aliphatic carbocycles. The summed E-state index contributed by atoms with van der Waals surface area (Å²) in [6.07, 6.45) is 6.37. The summed E-state index contributed by atoms with van der Waals surface area (Å²) >= 11 is 0. The number of rotatable bonds is 4. The van der Waals surface area contributed by atoms with Gasteiger partial charge >= 0.3 is 5.97 Å². The van der Waals surface area contributed by atoms with Crippen LogP contribution in [0.2, 0.25) is 0 Å². The summed E-state index contributed by atoms with van der Waals surface area (Å²) in [5.41, 5.74) is 1.81. The van der Waals surface area contributed by atoms with Gasteiger partial charge in [0, 0.05) is 25.4 Å². The third kappa shape index (κ3) is 3.37. The Labute approximate surface area is 112 Å². The molecule has 0 radical (unpaired) electrons. The summed E-state index contributed by atoms with van der Waals surface area (Å²) in [6, 6.07) is 7.86. The summed E-state index contributed by atoms with van der Waals surface area (Å²) in [6.45, 7) is 0.709. The minimum absolute atomic E-state index is 0.274. The molecule has 0 spiro atoms. The van der Waals surface area contributed by atoms with Crippen LogP contribution in [0.25, 0.3) is 0 Å². The summed E-state index contributed by atoms with van der Waals surface area (Å²) in [4.78, 5) is 13.5. The van der Waals surface area contributed by atoms with Gasteiger partial charge in [-0.3, -0.25) is 0 Å². The van der Waals surface area contributed by atoms with E-state index in [-0.39, 0.29) is 5.97 Å². The third-order valence-electron chi connectivity index (χ3n) is 2.93. The number of benzene rings is 1. The highest BCUT2D eigenvalue weighted by molar-refractivity contribution is 5.88. The van der Waals surface area contributed by atoms with Crippen molar-refractivity contribution in [1.82, 2.24) is 4.90 Å². The van der Waals surface area contributed by atoms with Crippen molar-refractivity contribution >= 4 is 5.97 Å². The number of carbonyl (C=O) groups is 1. The molecule has 100 valence electrons. The maximum atomic E-state index is 11.5. The van der Waals surface area contributed by atoms with E-state index >= 15 is 0 Å². The van der Waals surface area contributed by atoms with E-state index in [1.165, 1.54) is 7.11 Å². The van der Waals surface area contributed by atoms with E-state index in [0.29, 0.717) is 18.5 Å². The van der Waals surface area contributed by atoms with Crippen LogP contribution in [0.15, 0.2) is 48.3 Å². The van der Waals surface area contributed by atoms with Crippen molar-refractivity contribution in [3.05, 3.63) is 53.9 Å². The van der Waals surface area contributed by atoms with Gasteiger partial charge in [0.1, 0.15) is 5.75 Å². The van der Waals surface area contributed by atoms with Gasteiger partial charge in [-0.1, -0.05) is 18.2 Å². The first-order chi connectivity index (χ1) is 9.22. The Kier molecular flexibility index (Phi) is 4.23. The van der Waals surface area contributed by atoms with E-state index in [1.807, 2.05) is 47.6 Å². The predicted molar refractivity (Wildman–Crippen MR) is 72.4 cm³/mol. The number of allylic oxidation sites excluding steroid dienone is 1. The molecule has 0 aromatic heterocycles. The second-order valence-electron chi connectivity index (χ2n) is 4.26. The molecule has 0 amide bonds. The first-order valence-corrected chi connectivity index (χ1v) is 6.07. The molecule has 0 N–H and O–H groups in total. The average Bonchev–Trinajstić information content (AvgIpc) is 2.47. The second kappa shape index (κ2) is 6.09. The first-order valence-electron chi connectivity index (χ1n) is 6.07. The predicted octanol–water partition coefficient (Wildman–Crippen LogP) is 2.47. The van der Waals surface area contributed by atoms with Crippen molar-refractivity contribution < 1.29 is 14.3 Å². The molecular formula is C15H17NO3. The van der Waals surface area contributed by atoms with Gasteiger partial charge < -0.3 is 14.4 Å². The van der Waals surface area contributed by atoms with Gasteiger partial charge in [0.05, 0.1) is 19.8 Å². The number of esters is 1. The molecule has 1 heterocycles. The molecule has 0 unspecified atom stereocenters. The molecule has 1 aliphatic heterocycles. The van der Waals surface area contributed by atoms with E-state index in [2.05, 4.69) is 0 Å². The number of nitrogens with zero attached hydrogens (tertiary/aromatic N) is 1. The number of hydrogen-bond acceptors (Lipinski definition) is 4. The molecule has 1 aliphatic rings. The Morgan fingerprint density at radius 3 is 2.63 bits per heavy atom. The largest absolute Gasteiger partial charge is 0.497 e. The Morgan fingerprint density at radius 2 is 2.00 bits per heavy atom. The van der Waals surface area contributed by atoms with Gasteiger partial charge in [0.25, 0.3) is 0 Å². The highest BCUT2D eigenvalue weighted by Crippen LogP contribution is 2.18. The fourth-order valence-corrected chi connectivity index (χ4v) is 1.92. The zero-order chi connectivity index (χ0) is 13.7. The van der Waals surface area contributed by atoms with Gasteiger partial charge in [-0.2, -0.15) is 0 Å². The lowest BCUT2D eigenvalue weighted by Crippen LogP contribution is -2.16. The van der Waals surface area contributed by atoms with Crippen molar-refractivity contribution in [3.8, 4) is 5.75 Å². The van der Waals surface area contributed by atoms with Crippen LogP contribution in [0.5, 0.6) is 5.75 Å². The molecular weight excluding hydrogens is 242 g/mol. The number of ether oxygens (including phenoxy) is 2. The molecule has 2 rings (SSSR count). The van der Waals surface area contributed by atoms with Crippen LogP contribution in [-0.4, -0.2) is 25.1 Å². The Hall–Kier alpha value is -2.23. The van der Waals surface area contributed by atoms with Crippen LogP contribution in [0, 0.1) is 0 Å². The summed E-state index contributed by atoms with van der Waals surface area (Å²) < 4.78 is 9.86. The number of methoxy groups -OCH3 is 2. The average molecular weight is 259 g/mol. The Balaban J connectivity index is 2.05. The Morgan fingerprint density at radius 1 is 1.26 bits per heavy atom. The molecule has 19 heavy (non-hydrogen) atoms. The van der Waals surface area contributed by atoms with Crippen molar-refractivity contribution in [2.24, 2.45) is 0 Å². The van der Waals surface area contributed by atoms with E-state index in [9.17, 15) is 4.79 Å². The summed E-state index contributed by atoms with van der Waals surface area (Å²) in [5.74, 6) is 0.563. The first kappa shape index (κ1) is 13.2. The highest BCUT2D eigenvalue weighted by Gasteiger charge is 2.13. The standard InChI is InChI=1S/C15H17NO3/c1-18-14-7-5-12(6-8-14)10-16-9-3-4-13(11-16)15(17)19-2/h3,5-9,11H,4,10H2,1-2H3. The monoisotopic (exact) mass is 259 g/mol. The molecule has 4 nitrogen and oxygen atoms in total. The maximum absolute atomic E-state index is 11.5. The van der Waals surface area contributed by atoms with E-state index in [1.54, 1.807) is 7.11 Å². The zero-order valence-electron chi connectivity index (χ0n) is 11.1. The van der Waals surface area contributed by atoms with Crippen molar-refractivity contribution in [3.63, 3.8) is 0 Å². The normalized spacial score (nSPS) is 14.0. The van der Waals surface area contributed by atoms with Crippen molar-refractivity contribution in [1.29, 1.82) is 0 Å². The van der Waals surface area contributed by atoms with Gasteiger partial charge in [-0.05, 0) is 17.7 Å². The molecule has 0 saturated carbocycles. The number of hydrogen-bond donors (Lipinski definition) is 0. The van der Waals surface area contributed by atoms with Crippen LogP contribution in [0.1, 0.15) is 12.0 Å². The van der Waals surface area contributed by atoms with Crippen molar-refractivity contribution in [2.75, 3.05) is 14.2 Å². The third-order valence-corrected chi connectivity index (χ3v) is 2.93. The van der Waals surface area contributed by atoms with Crippen molar-refractivity contribution in [2.45, 2.75) is 13.0 Å². The molecule has 0 bridgehead atoms. The minimum atomic E-state index is -0.274.